The van der Waals surface area contributed by atoms with E-state index in [9.17, 15) is 13.2 Å². The molecule has 8 heteroatoms. The van der Waals surface area contributed by atoms with Crippen LogP contribution in [-0.4, -0.2) is 34.6 Å². The first-order valence-corrected chi connectivity index (χ1v) is 10.8. The van der Waals surface area contributed by atoms with Gasteiger partial charge >= 0.3 is 0 Å². The molecule has 2 aromatic carbocycles. The van der Waals surface area contributed by atoms with Crippen molar-refractivity contribution in [3.8, 4) is 11.5 Å². The number of benzene rings is 2. The minimum absolute atomic E-state index is 0.0737. The number of sulfonamides is 1. The third-order valence-corrected chi connectivity index (χ3v) is 5.82. The number of para-hydroxylation sites is 1. The fourth-order valence-corrected chi connectivity index (χ4v) is 4.05. The Balaban J connectivity index is 2.13. The van der Waals surface area contributed by atoms with Crippen molar-refractivity contribution in [1.29, 1.82) is 0 Å². The quantitative estimate of drug-likeness (QED) is 0.616. The number of hydrogen-bond acceptors (Lipinski definition) is 5. The molecule has 158 valence electrons. The largest absolute Gasteiger partial charge is 0.497 e. The maximum atomic E-state index is 12.8. The highest BCUT2D eigenvalue weighted by Crippen LogP contribution is 2.18. The summed E-state index contributed by atoms with van der Waals surface area (Å²) in [6.07, 6.45) is 0.368. The molecule has 0 saturated carbocycles. The molecular formula is C21H28N2O5S. The van der Waals surface area contributed by atoms with E-state index in [1.54, 1.807) is 25.3 Å². The molecule has 1 atom stereocenters. The molecule has 0 bridgehead atoms. The summed E-state index contributed by atoms with van der Waals surface area (Å²) in [5, 5.41) is 2.81. The summed E-state index contributed by atoms with van der Waals surface area (Å²) in [5.74, 6) is 0.946. The van der Waals surface area contributed by atoms with Crippen LogP contribution < -0.4 is 19.5 Å². The zero-order valence-electron chi connectivity index (χ0n) is 17.1. The predicted molar refractivity (Wildman–Crippen MR) is 111 cm³/mol. The Labute approximate surface area is 172 Å². The summed E-state index contributed by atoms with van der Waals surface area (Å²) < 4.78 is 38.4. The van der Waals surface area contributed by atoms with Crippen molar-refractivity contribution < 1.29 is 22.7 Å². The zero-order chi connectivity index (χ0) is 21.4. The van der Waals surface area contributed by atoms with E-state index in [0.717, 1.165) is 5.56 Å². The van der Waals surface area contributed by atoms with Crippen molar-refractivity contribution in [1.82, 2.24) is 10.0 Å². The fourth-order valence-electron chi connectivity index (χ4n) is 2.84. The number of nitrogens with one attached hydrogen (secondary N) is 2. The van der Waals surface area contributed by atoms with Gasteiger partial charge < -0.3 is 14.8 Å². The number of rotatable bonds is 10. The molecule has 2 aromatic rings. The minimum atomic E-state index is -3.86. The van der Waals surface area contributed by atoms with Crippen LogP contribution in [0.15, 0.2) is 53.4 Å². The number of carbonyl (C=O) groups is 1. The molecule has 0 heterocycles. The second-order valence-electron chi connectivity index (χ2n) is 7.01. The van der Waals surface area contributed by atoms with Gasteiger partial charge in [0.1, 0.15) is 17.5 Å². The first kappa shape index (κ1) is 22.7. The van der Waals surface area contributed by atoms with E-state index >= 15 is 0 Å². The molecule has 1 amide bonds. The molecular weight excluding hydrogens is 392 g/mol. The lowest BCUT2D eigenvalue weighted by Gasteiger charge is -2.20. The zero-order valence-corrected chi connectivity index (χ0v) is 18.0. The van der Waals surface area contributed by atoms with E-state index in [1.165, 1.54) is 19.2 Å². The number of amides is 1. The smallest absolute Gasteiger partial charge is 0.241 e. The van der Waals surface area contributed by atoms with Crippen molar-refractivity contribution in [2.45, 2.75) is 37.8 Å². The van der Waals surface area contributed by atoms with Crippen molar-refractivity contribution >= 4 is 15.9 Å². The summed E-state index contributed by atoms with van der Waals surface area (Å²) in [7, 11) is -0.795. The standard InChI is InChI=1S/C21H28N2O5S/c1-15(2)13-19(21(24)22-14-16-7-5-6-8-20(16)28-4)23-29(25,26)18-11-9-17(27-3)10-12-18/h5-12,15,19,23H,13-14H2,1-4H3,(H,22,24)/t19-/m0/s1. The van der Waals surface area contributed by atoms with Gasteiger partial charge in [0, 0.05) is 12.1 Å². The Kier molecular flexibility index (Phi) is 8.04. The molecule has 0 unspecified atom stereocenters. The van der Waals surface area contributed by atoms with Gasteiger partial charge in [-0.05, 0) is 42.7 Å². The number of ether oxygens (including phenoxy) is 2. The highest BCUT2D eigenvalue weighted by atomic mass is 32.2. The van der Waals surface area contributed by atoms with E-state index < -0.39 is 16.1 Å². The molecule has 0 radical (unpaired) electrons. The summed E-state index contributed by atoms with van der Waals surface area (Å²) in [4.78, 5) is 12.8. The van der Waals surface area contributed by atoms with Crippen LogP contribution >= 0.6 is 0 Å². The summed E-state index contributed by atoms with van der Waals surface area (Å²) in [6, 6.07) is 12.5. The van der Waals surface area contributed by atoms with Crippen LogP contribution in [0.4, 0.5) is 0 Å². The maximum Gasteiger partial charge on any atom is 0.241 e. The second-order valence-corrected chi connectivity index (χ2v) is 8.72. The molecule has 0 aliphatic carbocycles. The van der Waals surface area contributed by atoms with Gasteiger partial charge in [0.2, 0.25) is 15.9 Å². The molecule has 0 saturated heterocycles. The van der Waals surface area contributed by atoms with Crippen LogP contribution in [0.25, 0.3) is 0 Å². The molecule has 2 N–H and O–H groups in total. The van der Waals surface area contributed by atoms with Crippen molar-refractivity contribution in [2.75, 3.05) is 14.2 Å². The number of carbonyl (C=O) groups excluding carboxylic acids is 1. The van der Waals surface area contributed by atoms with Crippen LogP contribution in [0.3, 0.4) is 0 Å². The van der Waals surface area contributed by atoms with Crippen LogP contribution in [-0.2, 0) is 21.4 Å². The van der Waals surface area contributed by atoms with E-state index in [4.69, 9.17) is 9.47 Å². The van der Waals surface area contributed by atoms with E-state index in [1.807, 2.05) is 32.0 Å². The first-order chi connectivity index (χ1) is 13.8. The predicted octanol–water partition coefficient (Wildman–Crippen LogP) is 2.71. The van der Waals surface area contributed by atoms with Gasteiger partial charge in [-0.15, -0.1) is 0 Å². The molecule has 0 fully saturated rings. The third kappa shape index (κ3) is 6.47. The lowest BCUT2D eigenvalue weighted by molar-refractivity contribution is -0.123. The summed E-state index contributed by atoms with van der Waals surface area (Å²) in [6.45, 7) is 4.10. The van der Waals surface area contributed by atoms with Crippen molar-refractivity contribution in [2.24, 2.45) is 5.92 Å². The SMILES string of the molecule is COc1ccc(S(=O)(=O)N[C@@H](CC(C)C)C(=O)NCc2ccccc2OC)cc1. The van der Waals surface area contributed by atoms with Gasteiger partial charge in [-0.2, -0.15) is 4.72 Å². The van der Waals surface area contributed by atoms with Crippen LogP contribution in [0.5, 0.6) is 11.5 Å². The van der Waals surface area contributed by atoms with Crippen LogP contribution in [0, 0.1) is 5.92 Å². The van der Waals surface area contributed by atoms with E-state index in [2.05, 4.69) is 10.0 Å². The maximum absolute atomic E-state index is 12.8. The average Bonchev–Trinajstić information content (AvgIpc) is 2.71. The second kappa shape index (κ2) is 10.3. The molecule has 29 heavy (non-hydrogen) atoms. The Bertz CT molecular complexity index is 911. The summed E-state index contributed by atoms with van der Waals surface area (Å²) in [5.41, 5.74) is 0.810. The van der Waals surface area contributed by atoms with Gasteiger partial charge in [0.05, 0.1) is 19.1 Å². The van der Waals surface area contributed by atoms with Gasteiger partial charge in [0.15, 0.2) is 0 Å². The van der Waals surface area contributed by atoms with Gasteiger partial charge in [-0.1, -0.05) is 32.0 Å². The van der Waals surface area contributed by atoms with Gasteiger partial charge in [-0.25, -0.2) is 8.42 Å². The Hall–Kier alpha value is -2.58. The highest BCUT2D eigenvalue weighted by Gasteiger charge is 2.26. The van der Waals surface area contributed by atoms with Crippen molar-refractivity contribution in [3.63, 3.8) is 0 Å². The normalized spacial score (nSPS) is 12.4. The molecule has 0 aliphatic rings. The Morgan fingerprint density at radius 3 is 2.24 bits per heavy atom. The third-order valence-electron chi connectivity index (χ3n) is 4.34. The van der Waals surface area contributed by atoms with Crippen LogP contribution in [0.1, 0.15) is 25.8 Å². The van der Waals surface area contributed by atoms with E-state index in [0.29, 0.717) is 17.9 Å². The number of methoxy groups -OCH3 is 2. The number of hydrogen-bond donors (Lipinski definition) is 2. The lowest BCUT2D eigenvalue weighted by Crippen LogP contribution is -2.47. The Morgan fingerprint density at radius 1 is 1.00 bits per heavy atom. The first-order valence-electron chi connectivity index (χ1n) is 9.32. The van der Waals surface area contributed by atoms with Crippen molar-refractivity contribution in [3.05, 3.63) is 54.1 Å². The van der Waals surface area contributed by atoms with Crippen LogP contribution in [0.2, 0.25) is 0 Å². The highest BCUT2D eigenvalue weighted by molar-refractivity contribution is 7.89. The monoisotopic (exact) mass is 420 g/mol. The average molecular weight is 421 g/mol. The van der Waals surface area contributed by atoms with Gasteiger partial charge in [-0.3, -0.25) is 4.79 Å². The molecule has 2 rings (SSSR count). The van der Waals surface area contributed by atoms with Gasteiger partial charge in [0.25, 0.3) is 0 Å². The minimum Gasteiger partial charge on any atom is -0.497 e. The Morgan fingerprint density at radius 2 is 1.66 bits per heavy atom. The topological polar surface area (TPSA) is 93.7 Å². The molecule has 0 aliphatic heterocycles. The molecule has 7 nitrogen and oxygen atoms in total. The fraction of sp³-hybridized carbons (Fsp3) is 0.381. The molecule has 0 aromatic heterocycles. The molecule has 0 spiro atoms. The lowest BCUT2D eigenvalue weighted by atomic mass is 10.0. The van der Waals surface area contributed by atoms with E-state index in [-0.39, 0.29) is 23.3 Å². The summed E-state index contributed by atoms with van der Waals surface area (Å²) >= 11 is 0.